The van der Waals surface area contributed by atoms with Crippen LogP contribution in [-0.4, -0.2) is 23.0 Å². The zero-order valence-corrected chi connectivity index (χ0v) is 8.15. The van der Waals surface area contributed by atoms with Crippen LogP contribution in [0.15, 0.2) is 6.07 Å². The van der Waals surface area contributed by atoms with Crippen molar-refractivity contribution in [2.45, 2.75) is 0 Å². The second-order valence-corrected chi connectivity index (χ2v) is 3.00. The predicted molar refractivity (Wildman–Crippen MR) is 49.3 cm³/mol. The maximum absolute atomic E-state index is 11.1. The molecule has 0 unspecified atom stereocenters. The van der Waals surface area contributed by atoms with E-state index < -0.39 is 5.91 Å². The molecular formula is C7H6Cl2N2O2. The predicted octanol–water partition coefficient (Wildman–Crippen LogP) is 1.45. The summed E-state index contributed by atoms with van der Waals surface area (Å²) >= 11 is 11.1. The van der Waals surface area contributed by atoms with Crippen molar-refractivity contribution in [2.24, 2.45) is 0 Å². The van der Waals surface area contributed by atoms with Crippen molar-refractivity contribution in [3.05, 3.63) is 21.9 Å². The Kier molecular flexibility index (Phi) is 2.95. The minimum Gasteiger partial charge on any atom is -0.504 e. The first-order chi connectivity index (χ1) is 6.06. The standard InChI is InChI=1S/C7H6Cl2N2O2/c1-10-7(13)5-6(12)3(8)2-4(9)11-5/h2,12H,1H3,(H,10,13). The van der Waals surface area contributed by atoms with E-state index >= 15 is 0 Å². The van der Waals surface area contributed by atoms with Gasteiger partial charge in [0.25, 0.3) is 5.91 Å². The second-order valence-electron chi connectivity index (χ2n) is 2.20. The first kappa shape index (κ1) is 10.1. The van der Waals surface area contributed by atoms with Gasteiger partial charge in [-0.1, -0.05) is 23.2 Å². The van der Waals surface area contributed by atoms with Gasteiger partial charge in [0.2, 0.25) is 0 Å². The summed E-state index contributed by atoms with van der Waals surface area (Å²) in [5.41, 5.74) is -0.181. The highest BCUT2D eigenvalue weighted by Crippen LogP contribution is 2.28. The first-order valence-electron chi connectivity index (χ1n) is 3.33. The van der Waals surface area contributed by atoms with Gasteiger partial charge in [-0.15, -0.1) is 0 Å². The molecule has 1 amide bonds. The summed E-state index contributed by atoms with van der Waals surface area (Å²) in [6, 6.07) is 1.25. The topological polar surface area (TPSA) is 62.2 Å². The number of nitrogens with zero attached hydrogens (tertiary/aromatic N) is 1. The Bertz CT molecular complexity index is 355. The van der Waals surface area contributed by atoms with Crippen LogP contribution in [0, 0.1) is 0 Å². The van der Waals surface area contributed by atoms with Crippen molar-refractivity contribution in [2.75, 3.05) is 7.05 Å². The lowest BCUT2D eigenvalue weighted by Gasteiger charge is -2.03. The van der Waals surface area contributed by atoms with Crippen molar-refractivity contribution >= 4 is 29.1 Å². The SMILES string of the molecule is CNC(=O)c1nc(Cl)cc(Cl)c1O. The monoisotopic (exact) mass is 220 g/mol. The minimum absolute atomic E-state index is 0.00130. The van der Waals surface area contributed by atoms with Crippen molar-refractivity contribution in [3.8, 4) is 5.75 Å². The molecule has 0 bridgehead atoms. The van der Waals surface area contributed by atoms with E-state index in [1.54, 1.807) is 0 Å². The van der Waals surface area contributed by atoms with Crippen LogP contribution in [0.5, 0.6) is 5.75 Å². The molecular weight excluding hydrogens is 215 g/mol. The van der Waals surface area contributed by atoms with Crippen LogP contribution in [0.25, 0.3) is 0 Å². The molecule has 1 aromatic heterocycles. The van der Waals surface area contributed by atoms with Gasteiger partial charge in [0.05, 0.1) is 5.02 Å². The van der Waals surface area contributed by atoms with Gasteiger partial charge in [-0.25, -0.2) is 4.98 Å². The third-order valence-electron chi connectivity index (χ3n) is 1.36. The summed E-state index contributed by atoms with van der Waals surface area (Å²) in [5, 5.41) is 11.7. The molecule has 0 spiro atoms. The van der Waals surface area contributed by atoms with Crippen LogP contribution in [0.1, 0.15) is 10.5 Å². The fourth-order valence-corrected chi connectivity index (χ4v) is 1.20. The molecule has 0 atom stereocenters. The summed E-state index contributed by atoms with van der Waals surface area (Å²) < 4.78 is 0. The molecule has 4 nitrogen and oxygen atoms in total. The Balaban J connectivity index is 3.28. The highest BCUT2D eigenvalue weighted by atomic mass is 35.5. The third kappa shape index (κ3) is 2.02. The van der Waals surface area contributed by atoms with E-state index in [1.165, 1.54) is 13.1 Å². The van der Waals surface area contributed by atoms with Crippen molar-refractivity contribution < 1.29 is 9.90 Å². The van der Waals surface area contributed by atoms with E-state index in [0.29, 0.717) is 0 Å². The number of rotatable bonds is 1. The summed E-state index contributed by atoms with van der Waals surface area (Å²) in [6.45, 7) is 0. The van der Waals surface area contributed by atoms with Gasteiger partial charge in [0.1, 0.15) is 5.15 Å². The summed E-state index contributed by atoms with van der Waals surface area (Å²) in [4.78, 5) is 14.7. The lowest BCUT2D eigenvalue weighted by Crippen LogP contribution is -2.19. The van der Waals surface area contributed by atoms with Crippen molar-refractivity contribution in [1.82, 2.24) is 10.3 Å². The Morgan fingerprint density at radius 2 is 2.23 bits per heavy atom. The largest absolute Gasteiger partial charge is 0.504 e. The lowest BCUT2D eigenvalue weighted by molar-refractivity contribution is 0.0955. The van der Waals surface area contributed by atoms with Crippen LogP contribution in [-0.2, 0) is 0 Å². The summed E-state index contributed by atoms with van der Waals surface area (Å²) in [5.74, 6) is -0.910. The second kappa shape index (κ2) is 3.81. The van der Waals surface area contributed by atoms with Gasteiger partial charge in [0, 0.05) is 7.05 Å². The molecule has 0 saturated carbocycles. The van der Waals surface area contributed by atoms with Crippen LogP contribution < -0.4 is 5.32 Å². The fourth-order valence-electron chi connectivity index (χ4n) is 0.755. The molecule has 1 aromatic rings. The lowest BCUT2D eigenvalue weighted by atomic mass is 10.3. The Hall–Kier alpha value is -1.00. The van der Waals surface area contributed by atoms with Gasteiger partial charge in [-0.2, -0.15) is 0 Å². The number of nitrogens with one attached hydrogen (secondary N) is 1. The molecule has 1 heterocycles. The number of carbonyl (C=O) groups excluding carboxylic acids is 1. The van der Waals surface area contributed by atoms with E-state index in [2.05, 4.69) is 10.3 Å². The van der Waals surface area contributed by atoms with Crippen LogP contribution in [0.4, 0.5) is 0 Å². The maximum Gasteiger partial charge on any atom is 0.273 e. The van der Waals surface area contributed by atoms with E-state index in [1.807, 2.05) is 0 Å². The van der Waals surface area contributed by atoms with E-state index in [4.69, 9.17) is 23.2 Å². The van der Waals surface area contributed by atoms with Gasteiger partial charge in [-0.05, 0) is 6.07 Å². The van der Waals surface area contributed by atoms with Gasteiger partial charge < -0.3 is 10.4 Å². The number of aromatic hydroxyl groups is 1. The Morgan fingerprint density at radius 3 is 2.77 bits per heavy atom. The molecule has 6 heteroatoms. The minimum atomic E-state index is -0.540. The number of carbonyl (C=O) groups is 1. The number of amides is 1. The van der Waals surface area contributed by atoms with Gasteiger partial charge in [0.15, 0.2) is 11.4 Å². The molecule has 1 rings (SSSR count). The number of pyridine rings is 1. The Labute approximate surface area is 84.5 Å². The average Bonchev–Trinajstić information content (AvgIpc) is 2.10. The van der Waals surface area contributed by atoms with Gasteiger partial charge in [-0.3, -0.25) is 4.79 Å². The molecule has 0 saturated heterocycles. The summed E-state index contributed by atoms with van der Waals surface area (Å²) in [7, 11) is 1.41. The number of halogens is 2. The molecule has 0 aliphatic rings. The maximum atomic E-state index is 11.1. The van der Waals surface area contributed by atoms with Crippen LogP contribution >= 0.6 is 23.2 Å². The normalized spacial score (nSPS) is 9.77. The first-order valence-corrected chi connectivity index (χ1v) is 4.09. The van der Waals surface area contributed by atoms with Gasteiger partial charge >= 0.3 is 0 Å². The van der Waals surface area contributed by atoms with E-state index in [9.17, 15) is 9.90 Å². The van der Waals surface area contributed by atoms with E-state index in [-0.39, 0.29) is 21.6 Å². The zero-order chi connectivity index (χ0) is 10.0. The number of hydrogen-bond acceptors (Lipinski definition) is 3. The molecule has 2 N–H and O–H groups in total. The van der Waals surface area contributed by atoms with Crippen LogP contribution in [0.2, 0.25) is 10.2 Å². The average molecular weight is 221 g/mol. The molecule has 0 radical (unpaired) electrons. The molecule has 0 fully saturated rings. The quantitative estimate of drug-likeness (QED) is 0.705. The smallest absolute Gasteiger partial charge is 0.273 e. The molecule has 13 heavy (non-hydrogen) atoms. The Morgan fingerprint density at radius 1 is 1.62 bits per heavy atom. The van der Waals surface area contributed by atoms with Crippen molar-refractivity contribution in [3.63, 3.8) is 0 Å². The highest BCUT2D eigenvalue weighted by Gasteiger charge is 2.15. The summed E-state index contributed by atoms with van der Waals surface area (Å²) in [6.07, 6.45) is 0. The van der Waals surface area contributed by atoms with E-state index in [0.717, 1.165) is 0 Å². The third-order valence-corrected chi connectivity index (χ3v) is 1.84. The highest BCUT2D eigenvalue weighted by molar-refractivity contribution is 6.35. The molecule has 0 aliphatic heterocycles. The number of aromatic nitrogens is 1. The van der Waals surface area contributed by atoms with Crippen LogP contribution in [0.3, 0.4) is 0 Å². The molecule has 0 aromatic carbocycles. The van der Waals surface area contributed by atoms with Crippen molar-refractivity contribution in [1.29, 1.82) is 0 Å². The fraction of sp³-hybridized carbons (Fsp3) is 0.143. The number of hydrogen-bond donors (Lipinski definition) is 2. The zero-order valence-electron chi connectivity index (χ0n) is 6.64. The molecule has 0 aliphatic carbocycles. The molecule has 70 valence electrons.